The number of halogens is 1. The van der Waals surface area contributed by atoms with Crippen LogP contribution in [0.4, 0.5) is 5.69 Å². The summed E-state index contributed by atoms with van der Waals surface area (Å²) in [5.74, 6) is 2.44. The quantitative estimate of drug-likeness (QED) is 0.328. The van der Waals surface area contributed by atoms with Crippen LogP contribution in [0.5, 0.6) is 5.75 Å². The molecule has 0 aliphatic carbocycles. The van der Waals surface area contributed by atoms with Crippen LogP contribution in [-0.4, -0.2) is 26.4 Å². The Morgan fingerprint density at radius 2 is 1.76 bits per heavy atom. The van der Waals surface area contributed by atoms with E-state index in [9.17, 15) is 4.79 Å². The summed E-state index contributed by atoms with van der Waals surface area (Å²) in [5.41, 5.74) is 1.87. The number of anilines is 1. The van der Waals surface area contributed by atoms with Gasteiger partial charge in [0.15, 0.2) is 17.1 Å². The lowest BCUT2D eigenvalue weighted by molar-refractivity contribution is -0.113. The normalized spacial score (nSPS) is 12.2. The third-order valence-corrected chi connectivity index (χ3v) is 6.29. The van der Waals surface area contributed by atoms with Gasteiger partial charge in [0.25, 0.3) is 0 Å². The molecule has 1 unspecified atom stereocenters. The topological polar surface area (TPSA) is 69.0 Å². The second kappa shape index (κ2) is 11.6. The Hall–Kier alpha value is -2.51. The summed E-state index contributed by atoms with van der Waals surface area (Å²) in [5, 5.41) is 12.8. The fraction of sp³-hybridized carbons (Fsp3) is 0.400. The Morgan fingerprint density at radius 1 is 1.06 bits per heavy atom. The summed E-state index contributed by atoms with van der Waals surface area (Å²) in [4.78, 5) is 12.5. The zero-order chi connectivity index (χ0) is 24.0. The molecule has 0 fully saturated rings. The molecule has 6 nitrogen and oxygen atoms in total. The average Bonchev–Trinajstić information content (AvgIpc) is 3.16. The molecule has 1 amide bonds. The van der Waals surface area contributed by atoms with Gasteiger partial charge in [0.05, 0.1) is 16.5 Å². The van der Waals surface area contributed by atoms with Crippen molar-refractivity contribution in [3.8, 4) is 5.75 Å². The molecular weight excluding hydrogens is 456 g/mol. The van der Waals surface area contributed by atoms with Crippen LogP contribution < -0.4 is 10.1 Å². The van der Waals surface area contributed by atoms with Crippen LogP contribution in [0.15, 0.2) is 53.7 Å². The van der Waals surface area contributed by atoms with Crippen molar-refractivity contribution in [3.63, 3.8) is 0 Å². The molecule has 0 bridgehead atoms. The first-order valence-corrected chi connectivity index (χ1v) is 12.5. The molecule has 0 aliphatic rings. The summed E-state index contributed by atoms with van der Waals surface area (Å²) in [7, 11) is 0. The zero-order valence-corrected chi connectivity index (χ0v) is 21.3. The van der Waals surface area contributed by atoms with Gasteiger partial charge in [-0.3, -0.25) is 4.79 Å². The van der Waals surface area contributed by atoms with Crippen LogP contribution >= 0.6 is 23.4 Å². The first kappa shape index (κ1) is 25.1. The van der Waals surface area contributed by atoms with Crippen molar-refractivity contribution < 1.29 is 9.53 Å². The first-order chi connectivity index (χ1) is 15.7. The lowest BCUT2D eigenvalue weighted by Crippen LogP contribution is -2.17. The fourth-order valence-electron chi connectivity index (χ4n) is 3.31. The highest BCUT2D eigenvalue weighted by Crippen LogP contribution is 2.27. The Balaban J connectivity index is 1.69. The number of carbonyl (C=O) groups is 1. The van der Waals surface area contributed by atoms with Crippen molar-refractivity contribution in [1.82, 2.24) is 14.8 Å². The van der Waals surface area contributed by atoms with Gasteiger partial charge in [-0.05, 0) is 48.6 Å². The molecule has 0 spiro atoms. The summed E-state index contributed by atoms with van der Waals surface area (Å²) >= 11 is 7.49. The van der Waals surface area contributed by atoms with E-state index in [0.29, 0.717) is 27.7 Å². The van der Waals surface area contributed by atoms with Crippen molar-refractivity contribution in [1.29, 1.82) is 0 Å². The summed E-state index contributed by atoms with van der Waals surface area (Å²) in [6.45, 7) is 11.3. The molecule has 1 heterocycles. The number of para-hydroxylation sites is 1. The SMILES string of the molecule is CC(C)Cn1c(SCC(=O)Nc2ccccc2Cl)nnc1C(C)Oc1ccc(C(C)C)cc1. The van der Waals surface area contributed by atoms with Gasteiger partial charge in [-0.2, -0.15) is 0 Å². The number of nitrogens with zero attached hydrogens (tertiary/aromatic N) is 3. The second-order valence-corrected chi connectivity index (χ2v) is 10.00. The molecule has 0 aliphatic heterocycles. The largest absolute Gasteiger partial charge is 0.483 e. The number of hydrogen-bond acceptors (Lipinski definition) is 5. The van der Waals surface area contributed by atoms with Crippen LogP contribution in [-0.2, 0) is 11.3 Å². The molecule has 8 heteroatoms. The third-order valence-electron chi connectivity index (χ3n) is 5.00. The Kier molecular flexibility index (Phi) is 8.80. The van der Waals surface area contributed by atoms with E-state index in [1.807, 2.05) is 35.8 Å². The van der Waals surface area contributed by atoms with E-state index in [-0.39, 0.29) is 17.8 Å². The van der Waals surface area contributed by atoms with E-state index < -0.39 is 0 Å². The molecule has 1 atom stereocenters. The number of rotatable bonds is 10. The van der Waals surface area contributed by atoms with Crippen LogP contribution in [0.1, 0.15) is 58.0 Å². The maximum Gasteiger partial charge on any atom is 0.234 e. The highest BCUT2D eigenvalue weighted by Gasteiger charge is 2.21. The average molecular weight is 487 g/mol. The van der Waals surface area contributed by atoms with Crippen LogP contribution in [0.3, 0.4) is 0 Å². The minimum Gasteiger partial charge on any atom is -0.483 e. The number of benzene rings is 2. The molecule has 0 saturated carbocycles. The van der Waals surface area contributed by atoms with Gasteiger partial charge < -0.3 is 14.6 Å². The van der Waals surface area contributed by atoms with E-state index in [1.165, 1.54) is 17.3 Å². The molecule has 0 saturated heterocycles. The van der Waals surface area contributed by atoms with E-state index in [4.69, 9.17) is 16.3 Å². The summed E-state index contributed by atoms with van der Waals surface area (Å²) in [6, 6.07) is 15.3. The number of hydrogen-bond donors (Lipinski definition) is 1. The van der Waals surface area contributed by atoms with E-state index >= 15 is 0 Å². The minimum absolute atomic E-state index is 0.150. The molecule has 1 aromatic heterocycles. The standard InChI is InChI=1S/C25H31ClN4O2S/c1-16(2)14-30-24(18(5)32-20-12-10-19(11-13-20)17(3)4)28-29-25(30)33-15-23(31)27-22-9-7-6-8-21(22)26/h6-13,16-18H,14-15H2,1-5H3,(H,27,31). The number of thioether (sulfide) groups is 1. The number of amides is 1. The number of nitrogens with one attached hydrogen (secondary N) is 1. The molecule has 176 valence electrons. The predicted octanol–water partition coefficient (Wildman–Crippen LogP) is 6.58. The number of aromatic nitrogens is 3. The van der Waals surface area contributed by atoms with Crippen LogP contribution in [0, 0.1) is 5.92 Å². The van der Waals surface area contributed by atoms with Crippen molar-refractivity contribution in [2.75, 3.05) is 11.1 Å². The summed E-state index contributed by atoms with van der Waals surface area (Å²) in [6.07, 6.45) is -0.285. The van der Waals surface area contributed by atoms with Gasteiger partial charge in [-0.15, -0.1) is 10.2 Å². The predicted molar refractivity (Wildman–Crippen MR) is 135 cm³/mol. The zero-order valence-electron chi connectivity index (χ0n) is 19.7. The molecule has 2 aromatic carbocycles. The van der Waals surface area contributed by atoms with E-state index in [0.717, 1.165) is 18.1 Å². The van der Waals surface area contributed by atoms with Gasteiger partial charge in [0.2, 0.25) is 5.91 Å². The van der Waals surface area contributed by atoms with Gasteiger partial charge in [-0.1, -0.05) is 75.3 Å². The molecule has 3 aromatic rings. The van der Waals surface area contributed by atoms with Crippen molar-refractivity contribution in [3.05, 3.63) is 64.9 Å². The van der Waals surface area contributed by atoms with Crippen molar-refractivity contribution >= 4 is 35.0 Å². The maximum absolute atomic E-state index is 12.5. The monoisotopic (exact) mass is 486 g/mol. The Morgan fingerprint density at radius 3 is 2.39 bits per heavy atom. The summed E-state index contributed by atoms with van der Waals surface area (Å²) < 4.78 is 8.21. The third kappa shape index (κ3) is 6.98. The molecule has 0 radical (unpaired) electrons. The van der Waals surface area contributed by atoms with Gasteiger partial charge in [-0.25, -0.2) is 0 Å². The van der Waals surface area contributed by atoms with Gasteiger partial charge in [0.1, 0.15) is 5.75 Å². The number of ether oxygens (including phenoxy) is 1. The van der Waals surface area contributed by atoms with Crippen molar-refractivity contribution in [2.45, 2.75) is 58.3 Å². The van der Waals surface area contributed by atoms with Crippen molar-refractivity contribution in [2.24, 2.45) is 5.92 Å². The highest BCUT2D eigenvalue weighted by atomic mass is 35.5. The first-order valence-electron chi connectivity index (χ1n) is 11.1. The smallest absolute Gasteiger partial charge is 0.234 e. The molecular formula is C25H31ClN4O2S. The lowest BCUT2D eigenvalue weighted by atomic mass is 10.0. The van der Waals surface area contributed by atoms with Crippen LogP contribution in [0.25, 0.3) is 0 Å². The molecule has 1 N–H and O–H groups in total. The van der Waals surface area contributed by atoms with Gasteiger partial charge in [0, 0.05) is 6.54 Å². The van der Waals surface area contributed by atoms with Crippen LogP contribution in [0.2, 0.25) is 5.02 Å². The fourth-order valence-corrected chi connectivity index (χ4v) is 4.25. The number of carbonyl (C=O) groups excluding carboxylic acids is 1. The molecule has 33 heavy (non-hydrogen) atoms. The van der Waals surface area contributed by atoms with Gasteiger partial charge >= 0.3 is 0 Å². The Labute approximate surface area is 205 Å². The lowest BCUT2D eigenvalue weighted by Gasteiger charge is -2.18. The maximum atomic E-state index is 12.5. The van der Waals surface area contributed by atoms with E-state index in [2.05, 4.69) is 55.3 Å². The molecule has 3 rings (SSSR count). The minimum atomic E-state index is -0.285. The highest BCUT2D eigenvalue weighted by molar-refractivity contribution is 7.99. The Bertz CT molecular complexity index is 1070. The van der Waals surface area contributed by atoms with E-state index in [1.54, 1.807) is 12.1 Å². The second-order valence-electron chi connectivity index (χ2n) is 8.65.